The van der Waals surface area contributed by atoms with Crippen LogP contribution in [0, 0.1) is 13.8 Å². The van der Waals surface area contributed by atoms with Gasteiger partial charge in [-0.1, -0.05) is 37.1 Å². The van der Waals surface area contributed by atoms with E-state index < -0.39 is 0 Å². The van der Waals surface area contributed by atoms with Gasteiger partial charge in [0.25, 0.3) is 0 Å². The van der Waals surface area contributed by atoms with Crippen molar-refractivity contribution in [2.45, 2.75) is 59.0 Å². The van der Waals surface area contributed by atoms with Crippen molar-refractivity contribution in [3.8, 4) is 0 Å². The number of nitrogens with zero attached hydrogens (tertiary/aromatic N) is 1. The molecule has 2 heteroatoms. The molecule has 1 aliphatic rings. The molecule has 0 radical (unpaired) electrons. The van der Waals surface area contributed by atoms with Crippen LogP contribution in [0.5, 0.6) is 0 Å². The van der Waals surface area contributed by atoms with Gasteiger partial charge in [0.05, 0.1) is 0 Å². The van der Waals surface area contributed by atoms with Crippen molar-refractivity contribution in [3.63, 3.8) is 0 Å². The Bertz CT molecular complexity index is 421. The third kappa shape index (κ3) is 3.83. The fraction of sp³-hybridized carbons (Fsp3) is 0.667. The molecule has 20 heavy (non-hydrogen) atoms. The second kappa shape index (κ2) is 7.24. The third-order valence-corrected chi connectivity index (χ3v) is 4.71. The van der Waals surface area contributed by atoms with Gasteiger partial charge in [0.1, 0.15) is 0 Å². The van der Waals surface area contributed by atoms with Crippen LogP contribution < -0.4 is 5.32 Å². The van der Waals surface area contributed by atoms with E-state index in [4.69, 9.17) is 0 Å². The maximum atomic E-state index is 3.67. The Morgan fingerprint density at radius 2 is 2.10 bits per heavy atom. The first-order chi connectivity index (χ1) is 9.61. The SMILES string of the molecule is CCN(CC1CCCCN1)C(C)c1cc(C)ccc1C. The molecule has 1 N–H and O–H groups in total. The average Bonchev–Trinajstić information content (AvgIpc) is 2.47. The molecular weight excluding hydrogens is 244 g/mol. The van der Waals surface area contributed by atoms with Gasteiger partial charge in [0.15, 0.2) is 0 Å². The highest BCUT2D eigenvalue weighted by molar-refractivity contribution is 5.32. The highest BCUT2D eigenvalue weighted by Crippen LogP contribution is 2.25. The smallest absolute Gasteiger partial charge is 0.0323 e. The summed E-state index contributed by atoms with van der Waals surface area (Å²) in [4.78, 5) is 2.62. The lowest BCUT2D eigenvalue weighted by Crippen LogP contribution is -2.44. The number of nitrogens with one attached hydrogen (secondary N) is 1. The number of hydrogen-bond acceptors (Lipinski definition) is 2. The van der Waals surface area contributed by atoms with E-state index in [1.54, 1.807) is 0 Å². The van der Waals surface area contributed by atoms with E-state index in [9.17, 15) is 0 Å². The van der Waals surface area contributed by atoms with E-state index >= 15 is 0 Å². The van der Waals surface area contributed by atoms with Gasteiger partial charge in [-0.3, -0.25) is 4.90 Å². The summed E-state index contributed by atoms with van der Waals surface area (Å²) in [6, 6.07) is 8.01. The van der Waals surface area contributed by atoms with E-state index in [0.29, 0.717) is 12.1 Å². The normalized spacial score (nSPS) is 21.1. The summed E-state index contributed by atoms with van der Waals surface area (Å²) >= 11 is 0. The number of hydrogen-bond donors (Lipinski definition) is 1. The van der Waals surface area contributed by atoms with Crippen LogP contribution in [-0.4, -0.2) is 30.6 Å². The second-order valence-corrected chi connectivity index (χ2v) is 6.27. The Morgan fingerprint density at radius 3 is 2.75 bits per heavy atom. The summed E-state index contributed by atoms with van der Waals surface area (Å²) in [5.41, 5.74) is 4.27. The van der Waals surface area contributed by atoms with Crippen molar-refractivity contribution >= 4 is 0 Å². The molecule has 112 valence electrons. The molecule has 1 aromatic carbocycles. The number of rotatable bonds is 5. The van der Waals surface area contributed by atoms with Gasteiger partial charge in [-0.2, -0.15) is 0 Å². The summed E-state index contributed by atoms with van der Waals surface area (Å²) in [6.45, 7) is 12.5. The lowest BCUT2D eigenvalue weighted by Gasteiger charge is -2.34. The van der Waals surface area contributed by atoms with E-state index in [1.807, 2.05) is 0 Å². The average molecular weight is 274 g/mol. The largest absolute Gasteiger partial charge is 0.313 e. The fourth-order valence-corrected chi connectivity index (χ4v) is 3.33. The molecule has 1 aliphatic heterocycles. The molecule has 2 unspecified atom stereocenters. The van der Waals surface area contributed by atoms with Crippen LogP contribution in [0.3, 0.4) is 0 Å². The van der Waals surface area contributed by atoms with Gasteiger partial charge in [-0.05, 0) is 57.8 Å². The minimum Gasteiger partial charge on any atom is -0.313 e. The van der Waals surface area contributed by atoms with E-state index in [2.05, 4.69) is 56.1 Å². The first-order valence-electron chi connectivity index (χ1n) is 8.16. The van der Waals surface area contributed by atoms with Gasteiger partial charge in [-0.15, -0.1) is 0 Å². The molecule has 2 atom stereocenters. The lowest BCUT2D eigenvalue weighted by atomic mass is 9.97. The van der Waals surface area contributed by atoms with E-state index in [-0.39, 0.29) is 0 Å². The summed E-state index contributed by atoms with van der Waals surface area (Å²) in [7, 11) is 0. The van der Waals surface area contributed by atoms with Crippen LogP contribution in [0.15, 0.2) is 18.2 Å². The quantitative estimate of drug-likeness (QED) is 0.878. The molecule has 0 saturated carbocycles. The summed E-state index contributed by atoms with van der Waals surface area (Å²) in [5, 5.41) is 3.67. The van der Waals surface area contributed by atoms with Gasteiger partial charge in [0.2, 0.25) is 0 Å². The van der Waals surface area contributed by atoms with Gasteiger partial charge < -0.3 is 5.32 Å². The zero-order valence-electron chi connectivity index (χ0n) is 13.6. The molecule has 2 rings (SSSR count). The van der Waals surface area contributed by atoms with Crippen LogP contribution in [0.25, 0.3) is 0 Å². The number of piperidine rings is 1. The van der Waals surface area contributed by atoms with Crippen molar-refractivity contribution in [2.24, 2.45) is 0 Å². The van der Waals surface area contributed by atoms with Crippen molar-refractivity contribution in [1.82, 2.24) is 10.2 Å². The monoisotopic (exact) mass is 274 g/mol. The molecule has 1 fully saturated rings. The van der Waals surface area contributed by atoms with Crippen molar-refractivity contribution in [2.75, 3.05) is 19.6 Å². The highest BCUT2D eigenvalue weighted by atomic mass is 15.2. The van der Waals surface area contributed by atoms with Crippen LogP contribution in [0.2, 0.25) is 0 Å². The maximum Gasteiger partial charge on any atom is 0.0323 e. The summed E-state index contributed by atoms with van der Waals surface area (Å²) in [6.07, 6.45) is 4.05. The molecule has 1 heterocycles. The van der Waals surface area contributed by atoms with Gasteiger partial charge in [-0.25, -0.2) is 0 Å². The summed E-state index contributed by atoms with van der Waals surface area (Å²) in [5.74, 6) is 0. The van der Waals surface area contributed by atoms with Crippen molar-refractivity contribution in [3.05, 3.63) is 34.9 Å². The second-order valence-electron chi connectivity index (χ2n) is 6.27. The molecule has 0 aromatic heterocycles. The predicted octanol–water partition coefficient (Wildman–Crippen LogP) is 3.83. The van der Waals surface area contributed by atoms with E-state index in [0.717, 1.165) is 6.54 Å². The lowest BCUT2D eigenvalue weighted by molar-refractivity contribution is 0.184. The van der Waals surface area contributed by atoms with Crippen LogP contribution in [-0.2, 0) is 0 Å². The van der Waals surface area contributed by atoms with Gasteiger partial charge >= 0.3 is 0 Å². The third-order valence-electron chi connectivity index (χ3n) is 4.71. The number of aryl methyl sites for hydroxylation is 2. The zero-order valence-corrected chi connectivity index (χ0v) is 13.6. The minimum absolute atomic E-state index is 0.503. The minimum atomic E-state index is 0.503. The van der Waals surface area contributed by atoms with E-state index in [1.165, 1.54) is 49.0 Å². The maximum absolute atomic E-state index is 3.67. The predicted molar refractivity (Wildman–Crippen MR) is 87.2 cm³/mol. The molecule has 0 bridgehead atoms. The first kappa shape index (κ1) is 15.5. The van der Waals surface area contributed by atoms with Crippen LogP contribution >= 0.6 is 0 Å². The Kier molecular flexibility index (Phi) is 5.62. The summed E-state index contributed by atoms with van der Waals surface area (Å²) < 4.78 is 0. The molecule has 0 amide bonds. The number of benzene rings is 1. The Morgan fingerprint density at radius 1 is 1.30 bits per heavy atom. The molecule has 1 saturated heterocycles. The van der Waals surface area contributed by atoms with Crippen LogP contribution in [0.1, 0.15) is 55.8 Å². The molecule has 2 nitrogen and oxygen atoms in total. The molecule has 0 spiro atoms. The fourth-order valence-electron chi connectivity index (χ4n) is 3.33. The first-order valence-corrected chi connectivity index (χ1v) is 8.16. The molecule has 1 aromatic rings. The molecule has 0 aliphatic carbocycles. The highest BCUT2D eigenvalue weighted by Gasteiger charge is 2.21. The standard InChI is InChI=1S/C18H30N2/c1-5-20(13-17-8-6-7-11-19-17)16(4)18-12-14(2)9-10-15(18)3/h9-10,12,16-17,19H,5-8,11,13H2,1-4H3. The Labute approximate surface area is 124 Å². The van der Waals surface area contributed by atoms with Gasteiger partial charge in [0, 0.05) is 18.6 Å². The Hall–Kier alpha value is -0.860. The molecular formula is C18H30N2. The van der Waals surface area contributed by atoms with Crippen molar-refractivity contribution in [1.29, 1.82) is 0 Å². The van der Waals surface area contributed by atoms with Crippen LogP contribution in [0.4, 0.5) is 0 Å². The Balaban J connectivity index is 2.07. The zero-order chi connectivity index (χ0) is 14.5. The van der Waals surface area contributed by atoms with Crippen molar-refractivity contribution < 1.29 is 0 Å². The topological polar surface area (TPSA) is 15.3 Å². The number of likely N-dealkylation sites (N-methyl/N-ethyl adjacent to an activating group) is 1.